The molecule has 2 aliphatic heterocycles. The van der Waals surface area contributed by atoms with Gasteiger partial charge >= 0.3 is 5.97 Å². The molecule has 0 aromatic heterocycles. The van der Waals surface area contributed by atoms with Gasteiger partial charge < -0.3 is 49.1 Å². The molecule has 12 heteroatoms. The summed E-state index contributed by atoms with van der Waals surface area (Å²) in [7, 11) is 3.76. The molecule has 0 spiro atoms. The minimum absolute atomic E-state index is 0.0690. The van der Waals surface area contributed by atoms with Crippen LogP contribution in [0, 0.1) is 23.7 Å². The number of rotatable bonds is 10. The number of esters is 1. The summed E-state index contributed by atoms with van der Waals surface area (Å²) in [5.41, 5.74) is -2.36. The Morgan fingerprint density at radius 1 is 1.00 bits per heavy atom. The second-order valence-electron chi connectivity index (χ2n) is 14.2. The van der Waals surface area contributed by atoms with Gasteiger partial charge in [-0.3, -0.25) is 4.79 Å². The van der Waals surface area contributed by atoms with Gasteiger partial charge in [0, 0.05) is 23.8 Å². The first-order valence-corrected chi connectivity index (χ1v) is 16.9. The number of aliphatic hydroxyl groups is 3. The highest BCUT2D eigenvalue weighted by Gasteiger charge is 2.52. The van der Waals surface area contributed by atoms with Crippen LogP contribution in [0.3, 0.4) is 0 Å². The van der Waals surface area contributed by atoms with Crippen LogP contribution in [-0.4, -0.2) is 125 Å². The van der Waals surface area contributed by atoms with Crippen LogP contribution in [0.4, 0.5) is 0 Å². The largest absolute Gasteiger partial charge is 0.459 e. The number of ether oxygens (including phenoxy) is 5. The lowest BCUT2D eigenvalue weighted by Gasteiger charge is -2.48. The summed E-state index contributed by atoms with van der Waals surface area (Å²) in [6, 6.07) is -0.255. The van der Waals surface area contributed by atoms with Gasteiger partial charge in [-0.2, -0.15) is 0 Å². The van der Waals surface area contributed by atoms with Crippen molar-refractivity contribution >= 4 is 11.7 Å². The molecule has 0 aliphatic carbocycles. The molecule has 0 amide bonds. The van der Waals surface area contributed by atoms with Crippen LogP contribution in [0.1, 0.15) is 74.7 Å². The second kappa shape index (κ2) is 17.7. The summed E-state index contributed by atoms with van der Waals surface area (Å²) < 4.78 is 31.4. The van der Waals surface area contributed by atoms with Crippen molar-refractivity contribution in [3.63, 3.8) is 0 Å². The molecule has 0 bridgehead atoms. The Bertz CT molecular complexity index is 1060. The molecule has 4 N–H and O–H groups in total. The van der Waals surface area contributed by atoms with Crippen molar-refractivity contribution in [1.82, 2.24) is 4.90 Å². The number of aliphatic hydroxyl groups excluding tert-OH is 3. The van der Waals surface area contributed by atoms with Gasteiger partial charge in [0.05, 0.1) is 54.9 Å². The monoisotopic (exact) mass is 670 g/mol. The predicted octanol–water partition coefficient (Wildman–Crippen LogP) is 3.54. The lowest BCUT2D eigenvalue weighted by atomic mass is 9.73. The fourth-order valence-corrected chi connectivity index (χ4v) is 7.37. The smallest absolute Gasteiger partial charge is 0.311 e. The third-order valence-corrected chi connectivity index (χ3v) is 10.2. The predicted molar refractivity (Wildman–Crippen MR) is 179 cm³/mol. The Morgan fingerprint density at radius 2 is 1.60 bits per heavy atom. The quantitative estimate of drug-likeness (QED) is 0.117. The first-order valence-electron chi connectivity index (χ1n) is 16.9. The highest BCUT2D eigenvalue weighted by molar-refractivity contribution is 5.88. The topological polar surface area (TPSA) is 160 Å². The molecule has 2 saturated heterocycles. The Kier molecular flexibility index (Phi) is 15.5. The molecule has 272 valence electrons. The number of hydrogen-bond donors (Lipinski definition) is 4. The number of hydrogen-bond acceptors (Lipinski definition) is 12. The van der Waals surface area contributed by atoms with Gasteiger partial charge in [0.1, 0.15) is 17.8 Å². The van der Waals surface area contributed by atoms with Crippen molar-refractivity contribution in [2.75, 3.05) is 27.3 Å². The molecule has 0 aromatic carbocycles. The average molecular weight is 671 g/mol. The fourth-order valence-electron chi connectivity index (χ4n) is 7.37. The van der Waals surface area contributed by atoms with Crippen LogP contribution in [-0.2, 0) is 28.5 Å². The van der Waals surface area contributed by atoms with E-state index in [2.05, 4.69) is 18.3 Å². The van der Waals surface area contributed by atoms with Gasteiger partial charge in [-0.05, 0) is 61.1 Å². The Labute approximate surface area is 281 Å². The van der Waals surface area contributed by atoms with E-state index in [1.807, 2.05) is 46.7 Å². The summed E-state index contributed by atoms with van der Waals surface area (Å²) in [5, 5.41) is 49.1. The average Bonchev–Trinajstić information content (AvgIpc) is 3.03. The normalized spacial score (nSPS) is 43.7. The number of likely N-dealkylation sites (N-methyl/N-ethyl adjacent to an activating group) is 1. The number of carbonyl (C=O) groups excluding carboxylic acids is 1. The van der Waals surface area contributed by atoms with E-state index in [4.69, 9.17) is 23.7 Å². The van der Waals surface area contributed by atoms with Crippen molar-refractivity contribution in [3.05, 3.63) is 25.3 Å². The maximum atomic E-state index is 13.7. The molecular weight excluding hydrogens is 608 g/mol. The molecule has 0 radical (unpaired) electrons. The SMILES string of the molecule is C=CCO[C@@]1(C)[C@H](O)[C@@H](C)/C(=N/O)[C@H](C)C[C@@](C)(OCC=C)[C@H](O[C@@H]2O[C@H](C)C[C@H](N(C)C)[C@H]2O)[C@@H](C)[C@H](O)[C@@H](C)C(=O)O[C@@H]1CC. The lowest BCUT2D eigenvalue weighted by Crippen LogP contribution is -2.61. The van der Waals surface area contributed by atoms with Crippen molar-refractivity contribution in [3.8, 4) is 0 Å². The van der Waals surface area contributed by atoms with Gasteiger partial charge in [-0.15, -0.1) is 13.2 Å². The van der Waals surface area contributed by atoms with Gasteiger partial charge in [0.2, 0.25) is 0 Å². The van der Waals surface area contributed by atoms with Crippen LogP contribution in [0.2, 0.25) is 0 Å². The zero-order valence-corrected chi connectivity index (χ0v) is 30.2. The zero-order valence-electron chi connectivity index (χ0n) is 30.2. The van der Waals surface area contributed by atoms with E-state index in [1.165, 1.54) is 6.08 Å². The molecule has 2 fully saturated rings. The first-order chi connectivity index (χ1) is 21.9. The Morgan fingerprint density at radius 3 is 2.13 bits per heavy atom. The van der Waals surface area contributed by atoms with Gasteiger partial charge in [0.25, 0.3) is 0 Å². The first kappa shape index (κ1) is 41.3. The summed E-state index contributed by atoms with van der Waals surface area (Å²) in [4.78, 5) is 15.6. The summed E-state index contributed by atoms with van der Waals surface area (Å²) >= 11 is 0. The second-order valence-corrected chi connectivity index (χ2v) is 14.2. The van der Waals surface area contributed by atoms with Gasteiger partial charge in [-0.25, -0.2) is 0 Å². The minimum atomic E-state index is -1.42. The van der Waals surface area contributed by atoms with E-state index in [-0.39, 0.29) is 37.5 Å². The van der Waals surface area contributed by atoms with E-state index in [0.29, 0.717) is 12.8 Å². The third-order valence-electron chi connectivity index (χ3n) is 10.2. The molecule has 14 atom stereocenters. The zero-order chi connectivity index (χ0) is 35.9. The third kappa shape index (κ3) is 9.42. The summed E-state index contributed by atoms with van der Waals surface area (Å²) in [5.74, 6) is -3.71. The summed E-state index contributed by atoms with van der Waals surface area (Å²) in [6.07, 6.45) is -2.54. The maximum Gasteiger partial charge on any atom is 0.311 e. The van der Waals surface area contributed by atoms with Crippen LogP contribution in [0.5, 0.6) is 0 Å². The van der Waals surface area contributed by atoms with Gasteiger partial charge in [0.15, 0.2) is 6.29 Å². The van der Waals surface area contributed by atoms with E-state index < -0.39 is 77.7 Å². The number of carbonyl (C=O) groups is 1. The van der Waals surface area contributed by atoms with Crippen LogP contribution in [0.15, 0.2) is 30.5 Å². The van der Waals surface area contributed by atoms with Crippen molar-refractivity contribution in [2.45, 2.75) is 135 Å². The number of cyclic esters (lactones) is 1. The van der Waals surface area contributed by atoms with Crippen molar-refractivity contribution in [2.24, 2.45) is 28.8 Å². The fraction of sp³-hybridized carbons (Fsp3) is 0.829. The Balaban J connectivity index is 2.76. The van der Waals surface area contributed by atoms with Crippen molar-refractivity contribution in [1.29, 1.82) is 0 Å². The highest BCUT2D eigenvalue weighted by Crippen LogP contribution is 2.40. The molecule has 47 heavy (non-hydrogen) atoms. The molecular formula is C35H62N2O10. The maximum absolute atomic E-state index is 13.7. The van der Waals surface area contributed by atoms with Gasteiger partial charge in [-0.1, -0.05) is 45.0 Å². The molecule has 0 aromatic rings. The number of nitrogens with zero attached hydrogens (tertiary/aromatic N) is 2. The number of oxime groups is 1. The molecule has 2 heterocycles. The van der Waals surface area contributed by atoms with E-state index in [1.54, 1.807) is 33.8 Å². The van der Waals surface area contributed by atoms with Crippen LogP contribution < -0.4 is 0 Å². The molecule has 0 saturated carbocycles. The highest BCUT2D eigenvalue weighted by atomic mass is 16.7. The standard InChI is InChI=1S/C35H62N2O10/c1-13-16-43-34(9)19-20(4)27(36-42)22(6)30(40)35(10,44-17-14-2)26(15-3)46-32(41)24(8)28(38)23(7)31(34)47-33-29(39)25(37(11)12)18-21(5)45-33/h13-14,20-26,28-31,33,38-40,42H,1-2,15-19H2,3-12H3/b36-27+/t20-,21-,22+,23+,24-,25+,26-,28+,29-,30-,31-,33+,34-,35-/m1/s1. The van der Waals surface area contributed by atoms with Crippen molar-refractivity contribution < 1.29 is 49.0 Å². The van der Waals surface area contributed by atoms with E-state index >= 15 is 0 Å². The lowest BCUT2D eigenvalue weighted by molar-refractivity contribution is -0.302. The Hall–Kier alpha value is -1.90. The molecule has 2 aliphatic rings. The van der Waals surface area contributed by atoms with E-state index in [0.717, 1.165) is 0 Å². The minimum Gasteiger partial charge on any atom is -0.459 e. The van der Waals surface area contributed by atoms with Crippen LogP contribution >= 0.6 is 0 Å². The molecule has 0 unspecified atom stereocenters. The summed E-state index contributed by atoms with van der Waals surface area (Å²) in [6.45, 7) is 21.8. The van der Waals surface area contributed by atoms with Crippen LogP contribution in [0.25, 0.3) is 0 Å². The van der Waals surface area contributed by atoms with E-state index in [9.17, 15) is 25.3 Å². The molecule has 12 nitrogen and oxygen atoms in total. The molecule has 2 rings (SSSR count).